The number of carbonyl (C=O) groups excluding carboxylic acids is 2. The Bertz CT molecular complexity index is 983. The maximum absolute atomic E-state index is 12.8. The van der Waals surface area contributed by atoms with Crippen LogP contribution in [0, 0.1) is 0 Å². The van der Waals surface area contributed by atoms with Gasteiger partial charge in [-0.3, -0.25) is 4.79 Å². The lowest BCUT2D eigenvalue weighted by Crippen LogP contribution is -2.47. The molecule has 0 saturated heterocycles. The van der Waals surface area contributed by atoms with Gasteiger partial charge in [-0.15, -0.1) is 0 Å². The minimum absolute atomic E-state index is 0.205. The average Bonchev–Trinajstić information content (AvgIpc) is 2.73. The maximum Gasteiger partial charge on any atom is 0.407 e. The number of benzene rings is 2. The fourth-order valence-corrected chi connectivity index (χ4v) is 3.50. The van der Waals surface area contributed by atoms with E-state index in [1.165, 1.54) is 0 Å². The van der Waals surface area contributed by atoms with Gasteiger partial charge in [0, 0.05) is 17.5 Å². The zero-order valence-corrected chi connectivity index (χ0v) is 21.2. The first-order valence-electron chi connectivity index (χ1n) is 11.5. The van der Waals surface area contributed by atoms with Crippen LogP contribution in [0.2, 0.25) is 0 Å². The van der Waals surface area contributed by atoms with Crippen LogP contribution in [-0.2, 0) is 26.8 Å². The number of phenolic OH excluding ortho intramolecular Hbond substituents is 1. The number of hydrogen-bond acceptors (Lipinski definition) is 5. The van der Waals surface area contributed by atoms with E-state index >= 15 is 0 Å². The molecule has 0 spiro atoms. The first-order valence-corrected chi connectivity index (χ1v) is 11.5. The zero-order valence-electron chi connectivity index (χ0n) is 21.2. The highest BCUT2D eigenvalue weighted by atomic mass is 16.5. The van der Waals surface area contributed by atoms with Gasteiger partial charge >= 0.3 is 6.09 Å². The number of alkyl carbamates (subject to hydrolysis) is 1. The highest BCUT2D eigenvalue weighted by molar-refractivity contribution is 5.88. The number of ether oxygens (including phenoxy) is 1. The van der Waals surface area contributed by atoms with Crippen LogP contribution in [0.25, 0.3) is 0 Å². The summed E-state index contributed by atoms with van der Waals surface area (Å²) in [4.78, 5) is 24.8. The van der Waals surface area contributed by atoms with E-state index in [-0.39, 0.29) is 23.2 Å². The van der Waals surface area contributed by atoms with Crippen molar-refractivity contribution >= 4 is 18.2 Å². The second-order valence-electron chi connectivity index (χ2n) is 10.3. The lowest BCUT2D eigenvalue weighted by Gasteiger charge is -2.27. The summed E-state index contributed by atoms with van der Waals surface area (Å²) in [5.41, 5.74) is 5.23. The van der Waals surface area contributed by atoms with Gasteiger partial charge in [-0.05, 0) is 41.0 Å². The number of nitrogens with zero attached hydrogens (tertiary/aromatic N) is 1. The predicted molar refractivity (Wildman–Crippen MR) is 135 cm³/mol. The van der Waals surface area contributed by atoms with Crippen molar-refractivity contribution in [2.75, 3.05) is 6.61 Å². The average molecular weight is 468 g/mol. The molecule has 0 fully saturated rings. The largest absolute Gasteiger partial charge is 0.507 e. The van der Waals surface area contributed by atoms with Crippen LogP contribution >= 0.6 is 0 Å². The third kappa shape index (κ3) is 7.61. The van der Waals surface area contributed by atoms with Crippen molar-refractivity contribution in [1.29, 1.82) is 0 Å². The molecular formula is C27H37N3O4. The van der Waals surface area contributed by atoms with E-state index in [4.69, 9.17) is 4.74 Å². The minimum Gasteiger partial charge on any atom is -0.507 e. The summed E-state index contributed by atoms with van der Waals surface area (Å²) in [6.07, 6.45) is 1.18. The van der Waals surface area contributed by atoms with E-state index in [1.54, 1.807) is 13.1 Å². The molecule has 7 heteroatoms. The van der Waals surface area contributed by atoms with Gasteiger partial charge in [0.25, 0.3) is 5.91 Å². The van der Waals surface area contributed by atoms with Crippen molar-refractivity contribution < 1.29 is 19.4 Å². The summed E-state index contributed by atoms with van der Waals surface area (Å²) >= 11 is 0. The van der Waals surface area contributed by atoms with Gasteiger partial charge in [-0.25, -0.2) is 10.2 Å². The Labute approximate surface area is 202 Å². The quantitative estimate of drug-likeness (QED) is 0.402. The highest BCUT2D eigenvalue weighted by Gasteiger charge is 2.26. The van der Waals surface area contributed by atoms with Gasteiger partial charge in [0.15, 0.2) is 0 Å². The normalized spacial score (nSPS) is 12.9. The summed E-state index contributed by atoms with van der Waals surface area (Å²) in [5.74, 6) is -0.179. The number of nitrogens with one attached hydrogen (secondary N) is 2. The van der Waals surface area contributed by atoms with E-state index in [0.29, 0.717) is 6.42 Å². The SMILES string of the molecule is CCOC(=O)N[C@H](Cc1ccccc1)C(=O)N/N=C\c1cc(C(C)(C)C)c(O)c(C(C)(C)C)c1. The van der Waals surface area contributed by atoms with Crippen LogP contribution in [0.5, 0.6) is 5.75 Å². The molecule has 0 radical (unpaired) electrons. The smallest absolute Gasteiger partial charge is 0.407 e. The van der Waals surface area contributed by atoms with E-state index in [1.807, 2.05) is 84.0 Å². The molecular weight excluding hydrogens is 430 g/mol. The van der Waals surface area contributed by atoms with E-state index in [0.717, 1.165) is 22.3 Å². The molecule has 2 aromatic rings. The van der Waals surface area contributed by atoms with Gasteiger partial charge in [-0.2, -0.15) is 5.10 Å². The fraction of sp³-hybridized carbons (Fsp3) is 0.444. The Kier molecular flexibility index (Phi) is 8.85. The Hall–Kier alpha value is -3.35. The monoisotopic (exact) mass is 467 g/mol. The minimum atomic E-state index is -0.853. The Morgan fingerprint density at radius 2 is 1.59 bits per heavy atom. The van der Waals surface area contributed by atoms with Crippen molar-refractivity contribution in [1.82, 2.24) is 10.7 Å². The second kappa shape index (κ2) is 11.2. The van der Waals surface area contributed by atoms with Gasteiger partial charge in [0.2, 0.25) is 0 Å². The van der Waals surface area contributed by atoms with E-state index < -0.39 is 18.0 Å². The van der Waals surface area contributed by atoms with Crippen LogP contribution < -0.4 is 10.7 Å². The third-order valence-corrected chi connectivity index (χ3v) is 5.30. The number of rotatable bonds is 7. The van der Waals surface area contributed by atoms with Crippen molar-refractivity contribution in [3.63, 3.8) is 0 Å². The van der Waals surface area contributed by atoms with Gasteiger partial charge in [-0.1, -0.05) is 71.9 Å². The van der Waals surface area contributed by atoms with Crippen molar-refractivity contribution in [3.8, 4) is 5.75 Å². The molecule has 0 aromatic heterocycles. The summed E-state index contributed by atoms with van der Waals surface area (Å²) < 4.78 is 4.94. The molecule has 0 aliphatic carbocycles. The van der Waals surface area contributed by atoms with E-state index in [2.05, 4.69) is 15.8 Å². The van der Waals surface area contributed by atoms with Gasteiger partial charge in [0.1, 0.15) is 11.8 Å². The van der Waals surface area contributed by atoms with Crippen LogP contribution in [-0.4, -0.2) is 36.0 Å². The van der Waals surface area contributed by atoms with Crippen LogP contribution in [0.15, 0.2) is 47.6 Å². The summed E-state index contributed by atoms with van der Waals surface area (Å²) in [7, 11) is 0. The van der Waals surface area contributed by atoms with Crippen LogP contribution in [0.3, 0.4) is 0 Å². The second-order valence-corrected chi connectivity index (χ2v) is 10.3. The molecule has 3 N–H and O–H groups in total. The van der Waals surface area contributed by atoms with Crippen LogP contribution in [0.1, 0.15) is 70.7 Å². The van der Waals surface area contributed by atoms with Crippen molar-refractivity contribution in [2.45, 2.75) is 71.8 Å². The first-order chi connectivity index (χ1) is 15.8. The summed E-state index contributed by atoms with van der Waals surface area (Å²) in [6.45, 7) is 14.1. The first kappa shape index (κ1) is 26.9. The summed E-state index contributed by atoms with van der Waals surface area (Å²) in [5, 5.41) is 17.6. The number of aromatic hydroxyl groups is 1. The highest BCUT2D eigenvalue weighted by Crippen LogP contribution is 2.39. The maximum atomic E-state index is 12.8. The Morgan fingerprint density at radius 3 is 2.09 bits per heavy atom. The lowest BCUT2D eigenvalue weighted by atomic mass is 9.78. The number of hydrazone groups is 1. The molecule has 0 aliphatic heterocycles. The molecule has 0 unspecified atom stereocenters. The molecule has 7 nitrogen and oxygen atoms in total. The van der Waals surface area contributed by atoms with Crippen molar-refractivity contribution in [2.24, 2.45) is 5.10 Å². The van der Waals surface area contributed by atoms with Crippen molar-refractivity contribution in [3.05, 3.63) is 64.7 Å². The van der Waals surface area contributed by atoms with Gasteiger partial charge < -0.3 is 15.2 Å². The molecule has 184 valence electrons. The third-order valence-electron chi connectivity index (χ3n) is 5.30. The molecule has 0 bridgehead atoms. The molecule has 1 atom stereocenters. The van der Waals surface area contributed by atoms with E-state index in [9.17, 15) is 14.7 Å². The molecule has 0 saturated carbocycles. The molecule has 2 rings (SSSR count). The standard InChI is InChI=1S/C27H37N3O4/c1-8-34-25(33)29-22(16-18-12-10-9-11-13-18)24(32)30-28-17-19-14-20(26(2,3)4)23(31)21(15-19)27(5,6)7/h9-15,17,22,31H,8,16H2,1-7H3,(H,29,33)(H,30,32)/b28-17-/t22-/m1/s1. The fourth-order valence-electron chi connectivity index (χ4n) is 3.50. The Balaban J connectivity index is 2.26. The predicted octanol–water partition coefficient (Wildman–Crippen LogP) is 4.79. The number of carbonyl (C=O) groups is 2. The number of phenols is 1. The zero-order chi connectivity index (χ0) is 25.5. The number of amides is 2. The molecule has 0 heterocycles. The number of hydrogen-bond donors (Lipinski definition) is 3. The molecule has 34 heavy (non-hydrogen) atoms. The lowest BCUT2D eigenvalue weighted by molar-refractivity contribution is -0.123. The molecule has 2 amide bonds. The molecule has 2 aromatic carbocycles. The molecule has 0 aliphatic rings. The van der Waals surface area contributed by atoms with Gasteiger partial charge in [0.05, 0.1) is 12.8 Å². The van der Waals surface area contributed by atoms with Crippen LogP contribution in [0.4, 0.5) is 4.79 Å². The summed E-state index contributed by atoms with van der Waals surface area (Å²) in [6, 6.07) is 12.3. The Morgan fingerprint density at radius 1 is 1.03 bits per heavy atom. The topological polar surface area (TPSA) is 100 Å².